The van der Waals surface area contributed by atoms with Crippen LogP contribution in [0.3, 0.4) is 0 Å². The summed E-state index contributed by atoms with van der Waals surface area (Å²) in [4.78, 5) is 13.9. The molecule has 1 aromatic rings. The van der Waals surface area contributed by atoms with Crippen molar-refractivity contribution < 1.29 is 9.53 Å². The molecule has 2 rings (SSSR count). The summed E-state index contributed by atoms with van der Waals surface area (Å²) in [5.74, 6) is 1.10. The molecule has 0 unspecified atom stereocenters. The van der Waals surface area contributed by atoms with Crippen molar-refractivity contribution in [3.8, 4) is 5.75 Å². The van der Waals surface area contributed by atoms with Crippen LogP contribution in [0.25, 0.3) is 0 Å². The third-order valence-corrected chi connectivity index (χ3v) is 3.77. The molecule has 1 aromatic carbocycles. The Morgan fingerprint density at radius 1 is 1.33 bits per heavy atom. The van der Waals surface area contributed by atoms with Crippen LogP contribution >= 0.6 is 15.9 Å². The maximum atomic E-state index is 12.0. The summed E-state index contributed by atoms with van der Waals surface area (Å²) in [6, 6.07) is 5.91. The lowest BCUT2D eigenvalue weighted by Crippen LogP contribution is -2.29. The third-order valence-electron chi connectivity index (χ3n) is 3.28. The van der Waals surface area contributed by atoms with Gasteiger partial charge in [-0.05, 0) is 31.0 Å². The van der Waals surface area contributed by atoms with Gasteiger partial charge in [-0.25, -0.2) is 0 Å². The number of methoxy groups -OCH3 is 1. The van der Waals surface area contributed by atoms with Crippen molar-refractivity contribution in [3.05, 3.63) is 28.2 Å². The smallest absolute Gasteiger partial charge is 0.222 e. The highest BCUT2D eigenvalue weighted by Crippen LogP contribution is 2.25. The summed E-state index contributed by atoms with van der Waals surface area (Å²) in [6.45, 7) is 1.50. The lowest BCUT2D eigenvalue weighted by atomic mass is 10.2. The van der Waals surface area contributed by atoms with Gasteiger partial charge in [0.05, 0.1) is 7.11 Å². The predicted molar refractivity (Wildman–Crippen MR) is 74.6 cm³/mol. The monoisotopic (exact) mass is 311 g/mol. The van der Waals surface area contributed by atoms with E-state index in [0.29, 0.717) is 13.0 Å². The van der Waals surface area contributed by atoms with Crippen molar-refractivity contribution in [2.75, 3.05) is 13.7 Å². The largest absolute Gasteiger partial charge is 0.496 e. The van der Waals surface area contributed by atoms with Crippen LogP contribution in [0, 0.1) is 0 Å². The highest BCUT2D eigenvalue weighted by molar-refractivity contribution is 9.10. The van der Waals surface area contributed by atoms with Gasteiger partial charge < -0.3 is 9.64 Å². The van der Waals surface area contributed by atoms with Crippen LogP contribution in [-0.2, 0) is 11.3 Å². The lowest BCUT2D eigenvalue weighted by Gasteiger charge is -2.22. The molecule has 98 valence electrons. The molecule has 0 aromatic heterocycles. The molecule has 0 atom stereocenters. The van der Waals surface area contributed by atoms with Crippen LogP contribution in [-0.4, -0.2) is 24.5 Å². The lowest BCUT2D eigenvalue weighted by molar-refractivity contribution is -0.131. The number of carbonyl (C=O) groups excluding carboxylic acids is 1. The zero-order valence-electron chi connectivity index (χ0n) is 10.6. The fourth-order valence-electron chi connectivity index (χ4n) is 2.28. The van der Waals surface area contributed by atoms with Gasteiger partial charge in [0, 0.05) is 29.5 Å². The molecule has 0 spiro atoms. The molecule has 0 aliphatic carbocycles. The van der Waals surface area contributed by atoms with E-state index in [0.717, 1.165) is 41.6 Å². The number of halogens is 1. The first kappa shape index (κ1) is 13.4. The van der Waals surface area contributed by atoms with Crippen molar-refractivity contribution in [1.82, 2.24) is 4.90 Å². The summed E-state index contributed by atoms with van der Waals surface area (Å²) >= 11 is 3.46. The highest BCUT2D eigenvalue weighted by Gasteiger charge is 2.18. The van der Waals surface area contributed by atoms with Crippen LogP contribution in [0.2, 0.25) is 0 Å². The zero-order chi connectivity index (χ0) is 13.0. The Bertz CT molecular complexity index is 434. The normalized spacial score (nSPS) is 16.6. The van der Waals surface area contributed by atoms with E-state index in [1.165, 1.54) is 0 Å². The molecule has 1 heterocycles. The van der Waals surface area contributed by atoms with E-state index in [4.69, 9.17) is 4.74 Å². The minimum absolute atomic E-state index is 0.259. The topological polar surface area (TPSA) is 29.5 Å². The Balaban J connectivity index is 2.16. The van der Waals surface area contributed by atoms with Gasteiger partial charge in [-0.2, -0.15) is 0 Å². The molecular formula is C14H18BrNO2. The van der Waals surface area contributed by atoms with Crippen molar-refractivity contribution >= 4 is 21.8 Å². The number of likely N-dealkylation sites (tertiary alicyclic amines) is 1. The maximum Gasteiger partial charge on any atom is 0.222 e. The van der Waals surface area contributed by atoms with Crippen LogP contribution in [0.15, 0.2) is 22.7 Å². The molecule has 1 aliphatic heterocycles. The number of hydrogen-bond donors (Lipinski definition) is 0. The van der Waals surface area contributed by atoms with Gasteiger partial charge in [0.25, 0.3) is 0 Å². The second kappa shape index (κ2) is 6.23. The van der Waals surface area contributed by atoms with Crippen LogP contribution in [0.4, 0.5) is 0 Å². The second-order valence-electron chi connectivity index (χ2n) is 4.58. The van der Waals surface area contributed by atoms with E-state index in [9.17, 15) is 4.79 Å². The average Bonchev–Trinajstić information content (AvgIpc) is 2.55. The SMILES string of the molecule is COc1ccc(Br)cc1CN1CCCCCC1=O. The van der Waals surface area contributed by atoms with Crippen molar-refractivity contribution in [2.24, 2.45) is 0 Å². The fourth-order valence-corrected chi connectivity index (χ4v) is 2.69. The summed E-state index contributed by atoms with van der Waals surface area (Å²) in [6.07, 6.45) is 3.95. The van der Waals surface area contributed by atoms with E-state index in [-0.39, 0.29) is 5.91 Å². The first-order valence-corrected chi connectivity index (χ1v) is 7.10. The molecule has 18 heavy (non-hydrogen) atoms. The number of nitrogens with zero attached hydrogens (tertiary/aromatic N) is 1. The molecule has 4 heteroatoms. The number of hydrogen-bond acceptors (Lipinski definition) is 2. The van der Waals surface area contributed by atoms with Gasteiger partial charge in [-0.1, -0.05) is 22.4 Å². The molecule has 0 bridgehead atoms. The van der Waals surface area contributed by atoms with Crippen molar-refractivity contribution in [2.45, 2.75) is 32.2 Å². The molecular weight excluding hydrogens is 294 g/mol. The van der Waals surface area contributed by atoms with E-state index < -0.39 is 0 Å². The Hall–Kier alpha value is -1.03. The van der Waals surface area contributed by atoms with Gasteiger partial charge in [0.15, 0.2) is 0 Å². The summed E-state index contributed by atoms with van der Waals surface area (Å²) in [5.41, 5.74) is 1.06. The van der Waals surface area contributed by atoms with Gasteiger partial charge in [0.2, 0.25) is 5.91 Å². The molecule has 0 radical (unpaired) electrons. The maximum absolute atomic E-state index is 12.0. The van der Waals surface area contributed by atoms with Crippen LogP contribution in [0.5, 0.6) is 5.75 Å². The van der Waals surface area contributed by atoms with Gasteiger partial charge in [-0.3, -0.25) is 4.79 Å². The number of benzene rings is 1. The molecule has 3 nitrogen and oxygen atoms in total. The summed E-state index contributed by atoms with van der Waals surface area (Å²) in [5, 5.41) is 0. The number of carbonyl (C=O) groups is 1. The van der Waals surface area contributed by atoms with Crippen molar-refractivity contribution in [3.63, 3.8) is 0 Å². The first-order valence-electron chi connectivity index (χ1n) is 6.31. The summed E-state index contributed by atoms with van der Waals surface area (Å²) in [7, 11) is 1.66. The Kier molecular flexibility index (Phi) is 4.64. The number of ether oxygens (including phenoxy) is 1. The fraction of sp³-hybridized carbons (Fsp3) is 0.500. The molecule has 1 aliphatic rings. The third kappa shape index (κ3) is 3.25. The zero-order valence-corrected chi connectivity index (χ0v) is 12.2. The van der Waals surface area contributed by atoms with E-state index in [1.807, 2.05) is 23.1 Å². The van der Waals surface area contributed by atoms with Gasteiger partial charge in [0.1, 0.15) is 5.75 Å². The summed E-state index contributed by atoms with van der Waals surface area (Å²) < 4.78 is 6.36. The highest BCUT2D eigenvalue weighted by atomic mass is 79.9. The van der Waals surface area contributed by atoms with Gasteiger partial charge in [-0.15, -0.1) is 0 Å². The molecule has 0 saturated carbocycles. The van der Waals surface area contributed by atoms with Gasteiger partial charge >= 0.3 is 0 Å². The standard InChI is InChI=1S/C14H18BrNO2/c1-18-13-7-6-12(15)9-11(13)10-16-8-4-2-3-5-14(16)17/h6-7,9H,2-5,8,10H2,1H3. The Labute approximate surface area is 116 Å². The molecule has 1 fully saturated rings. The van der Waals surface area contributed by atoms with Crippen LogP contribution < -0.4 is 4.74 Å². The van der Waals surface area contributed by atoms with Crippen LogP contribution in [0.1, 0.15) is 31.2 Å². The molecule has 1 amide bonds. The van der Waals surface area contributed by atoms with E-state index >= 15 is 0 Å². The molecule has 0 N–H and O–H groups in total. The van der Waals surface area contributed by atoms with Crippen molar-refractivity contribution in [1.29, 1.82) is 0 Å². The Morgan fingerprint density at radius 3 is 2.94 bits per heavy atom. The molecule has 1 saturated heterocycles. The first-order chi connectivity index (χ1) is 8.70. The average molecular weight is 312 g/mol. The quantitative estimate of drug-likeness (QED) is 0.856. The predicted octanol–water partition coefficient (Wildman–Crippen LogP) is 3.36. The second-order valence-corrected chi connectivity index (χ2v) is 5.50. The minimum atomic E-state index is 0.259. The van der Waals surface area contributed by atoms with E-state index in [1.54, 1.807) is 7.11 Å². The number of amides is 1. The minimum Gasteiger partial charge on any atom is -0.496 e. The van der Waals surface area contributed by atoms with E-state index in [2.05, 4.69) is 15.9 Å². The number of rotatable bonds is 3. The Morgan fingerprint density at radius 2 is 2.17 bits per heavy atom.